The number of para-hydroxylation sites is 1. The van der Waals surface area contributed by atoms with Gasteiger partial charge in [0.1, 0.15) is 0 Å². The SMILES string of the molecule is O=C(CCn1ccc2ccccc21)NC(c1ccccc1)c1ccccn1. The van der Waals surface area contributed by atoms with Gasteiger partial charge in [-0.2, -0.15) is 0 Å². The van der Waals surface area contributed by atoms with Crippen LogP contribution in [-0.4, -0.2) is 15.5 Å². The van der Waals surface area contributed by atoms with Crippen molar-refractivity contribution in [2.45, 2.75) is 19.0 Å². The summed E-state index contributed by atoms with van der Waals surface area (Å²) in [5.41, 5.74) is 3.01. The van der Waals surface area contributed by atoms with Gasteiger partial charge in [0.15, 0.2) is 0 Å². The van der Waals surface area contributed by atoms with Gasteiger partial charge >= 0.3 is 0 Å². The van der Waals surface area contributed by atoms with Crippen LogP contribution in [0.15, 0.2) is 91.3 Å². The average Bonchev–Trinajstić information content (AvgIpc) is 3.15. The Morgan fingerprint density at radius 2 is 1.70 bits per heavy atom. The van der Waals surface area contributed by atoms with E-state index >= 15 is 0 Å². The van der Waals surface area contributed by atoms with Gasteiger partial charge < -0.3 is 9.88 Å². The summed E-state index contributed by atoms with van der Waals surface area (Å²) in [5, 5.41) is 4.33. The number of pyridine rings is 1. The molecule has 4 nitrogen and oxygen atoms in total. The van der Waals surface area contributed by atoms with Crippen molar-refractivity contribution in [3.63, 3.8) is 0 Å². The van der Waals surface area contributed by atoms with Crippen molar-refractivity contribution in [2.24, 2.45) is 0 Å². The molecule has 1 atom stereocenters. The Balaban J connectivity index is 1.49. The monoisotopic (exact) mass is 355 g/mol. The maximum atomic E-state index is 12.7. The fourth-order valence-corrected chi connectivity index (χ4v) is 3.31. The highest BCUT2D eigenvalue weighted by Gasteiger charge is 2.17. The van der Waals surface area contributed by atoms with E-state index in [0.29, 0.717) is 13.0 Å². The molecule has 0 fully saturated rings. The number of aromatic nitrogens is 2. The topological polar surface area (TPSA) is 46.9 Å². The maximum absolute atomic E-state index is 12.7. The van der Waals surface area contributed by atoms with Crippen LogP contribution in [0.2, 0.25) is 0 Å². The Morgan fingerprint density at radius 1 is 0.926 bits per heavy atom. The number of hydrogen-bond acceptors (Lipinski definition) is 2. The van der Waals surface area contributed by atoms with Gasteiger partial charge in [0.2, 0.25) is 5.91 Å². The van der Waals surface area contributed by atoms with E-state index in [0.717, 1.165) is 16.8 Å². The van der Waals surface area contributed by atoms with Crippen molar-refractivity contribution in [1.82, 2.24) is 14.9 Å². The van der Waals surface area contributed by atoms with Crippen LogP contribution in [-0.2, 0) is 11.3 Å². The average molecular weight is 355 g/mol. The minimum Gasteiger partial charge on any atom is -0.347 e. The Bertz CT molecular complexity index is 986. The molecule has 2 heterocycles. The first-order chi connectivity index (χ1) is 13.3. The molecule has 1 N–H and O–H groups in total. The second kappa shape index (κ2) is 7.87. The third-order valence-corrected chi connectivity index (χ3v) is 4.68. The lowest BCUT2D eigenvalue weighted by atomic mass is 10.0. The molecule has 0 spiro atoms. The van der Waals surface area contributed by atoms with Crippen molar-refractivity contribution >= 4 is 16.8 Å². The van der Waals surface area contributed by atoms with Crippen LogP contribution < -0.4 is 5.32 Å². The van der Waals surface area contributed by atoms with Crippen molar-refractivity contribution in [2.75, 3.05) is 0 Å². The van der Waals surface area contributed by atoms with E-state index < -0.39 is 0 Å². The summed E-state index contributed by atoms with van der Waals surface area (Å²) in [4.78, 5) is 17.1. The van der Waals surface area contributed by atoms with Gasteiger partial charge in [-0.3, -0.25) is 9.78 Å². The van der Waals surface area contributed by atoms with Crippen LogP contribution in [0.25, 0.3) is 10.9 Å². The largest absolute Gasteiger partial charge is 0.347 e. The molecule has 0 saturated carbocycles. The van der Waals surface area contributed by atoms with Crippen molar-refractivity contribution in [3.05, 3.63) is 103 Å². The molecule has 4 heteroatoms. The maximum Gasteiger partial charge on any atom is 0.222 e. The Labute approximate surface area is 158 Å². The van der Waals surface area contributed by atoms with Gasteiger partial charge in [-0.1, -0.05) is 54.6 Å². The Morgan fingerprint density at radius 3 is 2.52 bits per heavy atom. The number of amides is 1. The highest BCUT2D eigenvalue weighted by Crippen LogP contribution is 2.20. The van der Waals surface area contributed by atoms with Crippen LogP contribution in [0, 0.1) is 0 Å². The predicted octanol–water partition coefficient (Wildman–Crippen LogP) is 4.33. The molecule has 2 aromatic carbocycles. The number of fused-ring (bicyclic) bond motifs is 1. The molecule has 0 aliphatic carbocycles. The first kappa shape index (κ1) is 17.0. The molecule has 1 unspecified atom stereocenters. The van der Waals surface area contributed by atoms with Crippen LogP contribution in [0.4, 0.5) is 0 Å². The van der Waals surface area contributed by atoms with Crippen molar-refractivity contribution < 1.29 is 4.79 Å². The van der Waals surface area contributed by atoms with Gasteiger partial charge in [-0.25, -0.2) is 0 Å². The summed E-state index contributed by atoms with van der Waals surface area (Å²) in [5.74, 6) is 0.00675. The van der Waals surface area contributed by atoms with Gasteiger partial charge in [-0.15, -0.1) is 0 Å². The van der Waals surface area contributed by atoms with E-state index in [4.69, 9.17) is 0 Å². The molecule has 0 aliphatic heterocycles. The van der Waals surface area contributed by atoms with Gasteiger partial charge in [0.05, 0.1) is 11.7 Å². The number of nitrogens with one attached hydrogen (secondary N) is 1. The zero-order valence-corrected chi connectivity index (χ0v) is 15.0. The third kappa shape index (κ3) is 3.90. The van der Waals surface area contributed by atoms with Gasteiger partial charge in [0, 0.05) is 30.9 Å². The fraction of sp³-hybridized carbons (Fsp3) is 0.130. The molecule has 0 bridgehead atoms. The smallest absolute Gasteiger partial charge is 0.222 e. The molecule has 4 aromatic rings. The summed E-state index contributed by atoms with van der Waals surface area (Å²) in [7, 11) is 0. The molecule has 27 heavy (non-hydrogen) atoms. The summed E-state index contributed by atoms with van der Waals surface area (Å²) in [6, 6.07) is 25.7. The lowest BCUT2D eigenvalue weighted by Crippen LogP contribution is -2.30. The number of aryl methyl sites for hydroxylation is 1. The van der Waals surface area contributed by atoms with Crippen LogP contribution in [0.5, 0.6) is 0 Å². The number of carbonyl (C=O) groups excluding carboxylic acids is 1. The van der Waals surface area contributed by atoms with Crippen LogP contribution in [0.1, 0.15) is 23.7 Å². The Kier molecular flexibility index (Phi) is 4.97. The summed E-state index contributed by atoms with van der Waals surface area (Å²) >= 11 is 0. The number of carbonyl (C=O) groups is 1. The number of rotatable bonds is 6. The minimum absolute atomic E-state index is 0.00675. The zero-order valence-electron chi connectivity index (χ0n) is 15.0. The molecule has 0 radical (unpaired) electrons. The molecule has 1 amide bonds. The second-order valence-electron chi connectivity index (χ2n) is 6.48. The van der Waals surface area contributed by atoms with Crippen LogP contribution >= 0.6 is 0 Å². The molecule has 4 rings (SSSR count). The molecule has 2 aromatic heterocycles. The zero-order chi connectivity index (χ0) is 18.5. The van der Waals surface area contributed by atoms with Gasteiger partial charge in [-0.05, 0) is 35.2 Å². The Hall–Kier alpha value is -3.40. The molecular weight excluding hydrogens is 334 g/mol. The van der Waals surface area contributed by atoms with E-state index in [1.54, 1.807) is 6.20 Å². The van der Waals surface area contributed by atoms with E-state index in [9.17, 15) is 4.79 Å². The normalized spacial score (nSPS) is 12.0. The highest BCUT2D eigenvalue weighted by atomic mass is 16.1. The molecule has 134 valence electrons. The van der Waals surface area contributed by atoms with Crippen molar-refractivity contribution in [1.29, 1.82) is 0 Å². The van der Waals surface area contributed by atoms with Crippen molar-refractivity contribution in [3.8, 4) is 0 Å². The number of benzene rings is 2. The van der Waals surface area contributed by atoms with E-state index in [-0.39, 0.29) is 11.9 Å². The van der Waals surface area contributed by atoms with E-state index in [1.807, 2.05) is 66.9 Å². The van der Waals surface area contributed by atoms with E-state index in [2.05, 4.69) is 33.1 Å². The molecule has 0 saturated heterocycles. The summed E-state index contributed by atoms with van der Waals surface area (Å²) in [6.45, 7) is 0.642. The second-order valence-corrected chi connectivity index (χ2v) is 6.48. The highest BCUT2D eigenvalue weighted by molar-refractivity contribution is 5.80. The fourth-order valence-electron chi connectivity index (χ4n) is 3.31. The summed E-state index contributed by atoms with van der Waals surface area (Å²) in [6.07, 6.45) is 4.20. The quantitative estimate of drug-likeness (QED) is 0.559. The first-order valence-electron chi connectivity index (χ1n) is 9.10. The van der Waals surface area contributed by atoms with Crippen LogP contribution in [0.3, 0.4) is 0 Å². The third-order valence-electron chi connectivity index (χ3n) is 4.68. The standard InChI is InChI=1S/C23H21N3O/c27-22(14-17-26-16-13-18-8-4-5-12-21(18)26)25-23(19-9-2-1-3-10-19)20-11-6-7-15-24-20/h1-13,15-16,23H,14,17H2,(H,25,27). The van der Waals surface area contributed by atoms with Gasteiger partial charge in [0.25, 0.3) is 0 Å². The predicted molar refractivity (Wildman–Crippen MR) is 107 cm³/mol. The lowest BCUT2D eigenvalue weighted by Gasteiger charge is -2.19. The lowest BCUT2D eigenvalue weighted by molar-refractivity contribution is -0.121. The van der Waals surface area contributed by atoms with E-state index in [1.165, 1.54) is 5.39 Å². The minimum atomic E-state index is -0.249. The molecule has 0 aliphatic rings. The number of nitrogens with zero attached hydrogens (tertiary/aromatic N) is 2. The number of hydrogen-bond donors (Lipinski definition) is 1. The molecular formula is C23H21N3O. The first-order valence-corrected chi connectivity index (χ1v) is 9.10. The summed E-state index contributed by atoms with van der Waals surface area (Å²) < 4.78 is 2.12.